The highest BCUT2D eigenvalue weighted by atomic mass is 32.2. The van der Waals surface area contributed by atoms with E-state index in [-0.39, 0.29) is 5.56 Å². The molecule has 0 saturated heterocycles. The van der Waals surface area contributed by atoms with Crippen molar-refractivity contribution >= 4 is 22.7 Å². The van der Waals surface area contributed by atoms with Crippen LogP contribution in [-0.4, -0.2) is 11.2 Å². The maximum absolute atomic E-state index is 11.3. The Hall–Kier alpha value is -2.00. The van der Waals surface area contributed by atoms with Gasteiger partial charge in [0.15, 0.2) is 0 Å². The molecule has 94 valence electrons. The van der Waals surface area contributed by atoms with Gasteiger partial charge >= 0.3 is 0 Å². The van der Waals surface area contributed by atoms with Crippen molar-refractivity contribution in [3.05, 3.63) is 65.0 Å². The van der Waals surface area contributed by atoms with Gasteiger partial charge in [-0.2, -0.15) is 0 Å². The first-order chi connectivity index (χ1) is 9.26. The molecule has 0 spiro atoms. The van der Waals surface area contributed by atoms with E-state index in [1.807, 2.05) is 18.2 Å². The summed E-state index contributed by atoms with van der Waals surface area (Å²) >= 11 is 1.74. The molecular weight excluding hydrogens is 254 g/mol. The molecule has 0 atom stereocenters. The van der Waals surface area contributed by atoms with Gasteiger partial charge in [0.05, 0.1) is 0 Å². The van der Waals surface area contributed by atoms with Crippen molar-refractivity contribution in [2.45, 2.75) is 4.90 Å². The smallest absolute Gasteiger partial charge is 0.248 e. The Balaban J connectivity index is 2.09. The Kier molecular flexibility index (Phi) is 3.13. The number of fused-ring (bicyclic) bond motifs is 1. The maximum Gasteiger partial charge on any atom is 0.248 e. The van der Waals surface area contributed by atoms with Crippen LogP contribution in [0.25, 0.3) is 22.0 Å². The SMILES string of the molecule is CSc1ccc(-c2ccc3[nH]c(=O)ccc3c2)cc1. The molecule has 19 heavy (non-hydrogen) atoms. The molecule has 3 aromatic rings. The quantitative estimate of drug-likeness (QED) is 0.714. The predicted octanol–water partition coefficient (Wildman–Crippen LogP) is 3.92. The van der Waals surface area contributed by atoms with Crippen LogP contribution in [0.15, 0.2) is 64.3 Å². The van der Waals surface area contributed by atoms with Crippen LogP contribution in [0.3, 0.4) is 0 Å². The van der Waals surface area contributed by atoms with Gasteiger partial charge in [0.25, 0.3) is 0 Å². The number of nitrogens with one attached hydrogen (secondary N) is 1. The van der Waals surface area contributed by atoms with Gasteiger partial charge < -0.3 is 4.98 Å². The van der Waals surface area contributed by atoms with Gasteiger partial charge in [0.1, 0.15) is 0 Å². The number of benzene rings is 2. The van der Waals surface area contributed by atoms with Crippen LogP contribution < -0.4 is 5.56 Å². The average molecular weight is 267 g/mol. The van der Waals surface area contributed by atoms with Crippen LogP contribution >= 0.6 is 11.8 Å². The molecule has 2 aromatic carbocycles. The molecule has 3 heteroatoms. The third-order valence-electron chi connectivity index (χ3n) is 3.15. The number of H-pyrrole nitrogens is 1. The molecule has 0 aliphatic rings. The van der Waals surface area contributed by atoms with Gasteiger partial charge in [-0.25, -0.2) is 0 Å². The fraction of sp³-hybridized carbons (Fsp3) is 0.0625. The lowest BCUT2D eigenvalue weighted by Gasteiger charge is -2.05. The second-order valence-electron chi connectivity index (χ2n) is 4.35. The highest BCUT2D eigenvalue weighted by Gasteiger charge is 2.00. The Morgan fingerprint density at radius 1 is 0.895 bits per heavy atom. The predicted molar refractivity (Wildman–Crippen MR) is 81.8 cm³/mol. The van der Waals surface area contributed by atoms with Gasteiger partial charge in [-0.05, 0) is 53.1 Å². The summed E-state index contributed by atoms with van der Waals surface area (Å²) in [6.07, 6.45) is 2.07. The minimum Gasteiger partial charge on any atom is -0.322 e. The summed E-state index contributed by atoms with van der Waals surface area (Å²) in [6.45, 7) is 0. The monoisotopic (exact) mass is 267 g/mol. The van der Waals surface area contributed by atoms with Crippen LogP contribution in [-0.2, 0) is 0 Å². The first-order valence-electron chi connectivity index (χ1n) is 6.04. The van der Waals surface area contributed by atoms with E-state index in [2.05, 4.69) is 41.6 Å². The van der Waals surface area contributed by atoms with Crippen molar-refractivity contribution in [1.82, 2.24) is 4.98 Å². The van der Waals surface area contributed by atoms with Gasteiger partial charge in [-0.3, -0.25) is 4.79 Å². The van der Waals surface area contributed by atoms with Crippen LogP contribution in [0.1, 0.15) is 0 Å². The molecule has 3 rings (SSSR count). The minimum absolute atomic E-state index is 0.0652. The summed E-state index contributed by atoms with van der Waals surface area (Å²) in [5.74, 6) is 0. The molecule has 2 nitrogen and oxygen atoms in total. The van der Waals surface area contributed by atoms with Crippen LogP contribution in [0.4, 0.5) is 0 Å². The molecule has 0 unspecified atom stereocenters. The van der Waals surface area contributed by atoms with Crippen molar-refractivity contribution < 1.29 is 0 Å². The lowest BCUT2D eigenvalue weighted by atomic mass is 10.0. The van der Waals surface area contributed by atoms with Gasteiger partial charge in [-0.15, -0.1) is 11.8 Å². The standard InChI is InChI=1S/C16H13NOS/c1-19-14-6-2-11(3-7-14)12-4-8-15-13(10-12)5-9-16(18)17-15/h2-10H,1H3,(H,17,18). The largest absolute Gasteiger partial charge is 0.322 e. The van der Waals surface area contributed by atoms with E-state index in [1.165, 1.54) is 10.5 Å². The number of thioether (sulfide) groups is 1. The third-order valence-corrected chi connectivity index (χ3v) is 3.89. The normalized spacial score (nSPS) is 10.8. The van der Waals surface area contributed by atoms with Crippen LogP contribution in [0.5, 0.6) is 0 Å². The molecule has 1 heterocycles. The Labute approximate surface area is 115 Å². The molecule has 0 saturated carbocycles. The third kappa shape index (κ3) is 2.42. The first-order valence-corrected chi connectivity index (χ1v) is 7.26. The van der Waals surface area contributed by atoms with Gasteiger partial charge in [0, 0.05) is 16.5 Å². The molecule has 0 fully saturated rings. The zero-order valence-electron chi connectivity index (χ0n) is 10.5. The Morgan fingerprint density at radius 3 is 2.37 bits per heavy atom. The van der Waals surface area contributed by atoms with Crippen LogP contribution in [0.2, 0.25) is 0 Å². The number of pyridine rings is 1. The molecule has 0 amide bonds. The molecule has 0 aliphatic heterocycles. The van der Waals surface area contributed by atoms with Crippen molar-refractivity contribution in [3.8, 4) is 11.1 Å². The first kappa shape index (κ1) is 12.1. The van der Waals surface area contributed by atoms with E-state index >= 15 is 0 Å². The van der Waals surface area contributed by atoms with Crippen LogP contribution in [0, 0.1) is 0 Å². The van der Waals surface area contributed by atoms with Crippen molar-refractivity contribution in [1.29, 1.82) is 0 Å². The average Bonchev–Trinajstić information content (AvgIpc) is 2.47. The number of aromatic nitrogens is 1. The fourth-order valence-corrected chi connectivity index (χ4v) is 2.53. The maximum atomic E-state index is 11.3. The summed E-state index contributed by atoms with van der Waals surface area (Å²) in [6, 6.07) is 18.0. The van der Waals surface area contributed by atoms with E-state index in [4.69, 9.17) is 0 Å². The number of rotatable bonds is 2. The molecule has 0 bridgehead atoms. The lowest BCUT2D eigenvalue weighted by Crippen LogP contribution is -2.01. The molecule has 0 radical (unpaired) electrons. The van der Waals surface area contributed by atoms with Gasteiger partial charge in [0.2, 0.25) is 5.56 Å². The zero-order valence-corrected chi connectivity index (χ0v) is 11.3. The number of hydrogen-bond acceptors (Lipinski definition) is 2. The number of hydrogen-bond donors (Lipinski definition) is 1. The molecule has 0 aliphatic carbocycles. The Bertz CT molecular complexity index is 775. The van der Waals surface area contributed by atoms with E-state index < -0.39 is 0 Å². The molecule has 1 N–H and O–H groups in total. The second kappa shape index (κ2) is 4.94. The van der Waals surface area contributed by atoms with E-state index in [0.717, 1.165) is 16.5 Å². The number of aromatic amines is 1. The zero-order chi connectivity index (χ0) is 13.2. The summed E-state index contributed by atoms with van der Waals surface area (Å²) in [7, 11) is 0. The highest BCUT2D eigenvalue weighted by Crippen LogP contribution is 2.25. The van der Waals surface area contributed by atoms with Crippen molar-refractivity contribution in [2.24, 2.45) is 0 Å². The van der Waals surface area contributed by atoms with Gasteiger partial charge in [-0.1, -0.05) is 18.2 Å². The summed E-state index contributed by atoms with van der Waals surface area (Å²) in [5.41, 5.74) is 3.15. The topological polar surface area (TPSA) is 32.9 Å². The Morgan fingerprint density at radius 2 is 1.63 bits per heavy atom. The van der Waals surface area contributed by atoms with Crippen molar-refractivity contribution in [3.63, 3.8) is 0 Å². The minimum atomic E-state index is -0.0652. The van der Waals surface area contributed by atoms with E-state index in [9.17, 15) is 4.79 Å². The fourth-order valence-electron chi connectivity index (χ4n) is 2.12. The summed E-state index contributed by atoms with van der Waals surface area (Å²) in [5, 5.41) is 1.05. The highest BCUT2D eigenvalue weighted by molar-refractivity contribution is 7.98. The molecule has 1 aromatic heterocycles. The van der Waals surface area contributed by atoms with E-state index in [0.29, 0.717) is 0 Å². The van der Waals surface area contributed by atoms with Crippen molar-refractivity contribution in [2.75, 3.05) is 6.26 Å². The molecular formula is C16H13NOS. The van der Waals surface area contributed by atoms with E-state index in [1.54, 1.807) is 17.8 Å². The summed E-state index contributed by atoms with van der Waals surface area (Å²) in [4.78, 5) is 15.3. The lowest BCUT2D eigenvalue weighted by molar-refractivity contribution is 1.31. The second-order valence-corrected chi connectivity index (χ2v) is 5.23. The summed E-state index contributed by atoms with van der Waals surface area (Å²) < 4.78 is 0.